The summed E-state index contributed by atoms with van der Waals surface area (Å²) in [5.41, 5.74) is 3.81. The van der Waals surface area contributed by atoms with Crippen LogP contribution in [0.5, 0.6) is 11.5 Å². The highest BCUT2D eigenvalue weighted by Crippen LogP contribution is 2.31. The molecule has 4 aromatic carbocycles. The van der Waals surface area contributed by atoms with E-state index in [1.54, 1.807) is 7.11 Å². The van der Waals surface area contributed by atoms with Crippen LogP contribution in [-0.4, -0.2) is 51.4 Å². The molecular weight excluding hydrogens is 484 g/mol. The quantitative estimate of drug-likeness (QED) is 0.217. The molecule has 5 rings (SSSR count). The van der Waals surface area contributed by atoms with Crippen LogP contribution in [0, 0.1) is 0 Å². The van der Waals surface area contributed by atoms with Gasteiger partial charge in [-0.15, -0.1) is 0 Å². The second kappa shape index (κ2) is 13.6. The van der Waals surface area contributed by atoms with Gasteiger partial charge in [0.2, 0.25) is 0 Å². The predicted molar refractivity (Wildman–Crippen MR) is 159 cm³/mol. The third kappa shape index (κ3) is 7.18. The van der Waals surface area contributed by atoms with Crippen molar-refractivity contribution in [3.8, 4) is 11.5 Å². The van der Waals surface area contributed by atoms with Crippen molar-refractivity contribution in [2.45, 2.75) is 38.0 Å². The van der Waals surface area contributed by atoms with Crippen molar-refractivity contribution in [2.75, 3.05) is 40.5 Å². The molecule has 1 aliphatic rings. The first-order chi connectivity index (χ1) is 19.2. The molecule has 0 bridgehead atoms. The van der Waals surface area contributed by atoms with Crippen molar-refractivity contribution in [3.05, 3.63) is 108 Å². The van der Waals surface area contributed by atoms with Gasteiger partial charge in [0.15, 0.2) is 0 Å². The highest BCUT2D eigenvalue weighted by Gasteiger charge is 2.29. The average molecular weight is 525 g/mol. The van der Waals surface area contributed by atoms with Gasteiger partial charge in [0.05, 0.1) is 26.9 Å². The van der Waals surface area contributed by atoms with E-state index in [4.69, 9.17) is 14.2 Å². The summed E-state index contributed by atoms with van der Waals surface area (Å²) in [4.78, 5) is 2.51. The van der Waals surface area contributed by atoms with Crippen LogP contribution in [0.4, 0.5) is 0 Å². The van der Waals surface area contributed by atoms with Crippen molar-refractivity contribution in [1.29, 1.82) is 0 Å². The normalized spacial score (nSPS) is 17.4. The Morgan fingerprint density at radius 1 is 0.872 bits per heavy atom. The van der Waals surface area contributed by atoms with Crippen molar-refractivity contribution >= 4 is 10.8 Å². The van der Waals surface area contributed by atoms with Gasteiger partial charge in [-0.05, 0) is 66.2 Å². The summed E-state index contributed by atoms with van der Waals surface area (Å²) >= 11 is 0. The maximum absolute atomic E-state index is 6.01. The Morgan fingerprint density at radius 2 is 1.67 bits per heavy atom. The van der Waals surface area contributed by atoms with Gasteiger partial charge in [0, 0.05) is 37.0 Å². The highest BCUT2D eigenvalue weighted by atomic mass is 16.5. The van der Waals surface area contributed by atoms with Crippen LogP contribution < -0.4 is 14.8 Å². The number of hydrogen-bond donors (Lipinski definition) is 1. The molecule has 204 valence electrons. The number of ether oxygens (including phenoxy) is 3. The molecule has 5 nitrogen and oxygen atoms in total. The molecule has 5 heteroatoms. The summed E-state index contributed by atoms with van der Waals surface area (Å²) < 4.78 is 17.2. The molecule has 0 aromatic heterocycles. The smallest absolute Gasteiger partial charge is 0.124 e. The number of benzene rings is 4. The Labute approximate surface area is 232 Å². The summed E-state index contributed by atoms with van der Waals surface area (Å²) in [5, 5.41) is 6.22. The van der Waals surface area contributed by atoms with Gasteiger partial charge in [0.1, 0.15) is 11.5 Å². The first-order valence-electron chi connectivity index (χ1n) is 14.0. The molecule has 0 spiro atoms. The molecule has 39 heavy (non-hydrogen) atoms. The van der Waals surface area contributed by atoms with Crippen LogP contribution in [0.15, 0.2) is 91.0 Å². The molecule has 0 amide bonds. The van der Waals surface area contributed by atoms with Gasteiger partial charge >= 0.3 is 0 Å². The van der Waals surface area contributed by atoms with Gasteiger partial charge in [-0.3, -0.25) is 4.90 Å². The maximum Gasteiger partial charge on any atom is 0.124 e. The monoisotopic (exact) mass is 524 g/mol. The second-order valence-electron chi connectivity index (χ2n) is 10.4. The van der Waals surface area contributed by atoms with Crippen LogP contribution in [0.2, 0.25) is 0 Å². The van der Waals surface area contributed by atoms with Crippen molar-refractivity contribution in [3.63, 3.8) is 0 Å². The molecule has 1 fully saturated rings. The fraction of sp³-hybridized carbons (Fsp3) is 0.353. The van der Waals surface area contributed by atoms with Gasteiger partial charge in [-0.1, -0.05) is 66.7 Å². The molecule has 1 heterocycles. The standard InChI is InChI=1S/C34H40N2O3/c1-36(24-26-12-13-27-8-3-4-9-29(27)22-26)33-23-35-19-18-32(33)28-14-16-31(17-15-28)39-21-7-20-38-25-30-10-5-6-11-34(30)37-2/h3-6,8-17,22,32-33,35H,7,18-21,23-25H2,1-2H3/t32-,33-/m0/s1. The van der Waals surface area contributed by atoms with Crippen LogP contribution in [0.3, 0.4) is 0 Å². The fourth-order valence-electron chi connectivity index (χ4n) is 5.60. The largest absolute Gasteiger partial charge is 0.496 e. The lowest BCUT2D eigenvalue weighted by Crippen LogP contribution is -2.48. The summed E-state index contributed by atoms with van der Waals surface area (Å²) in [6, 6.07) is 32.6. The first kappa shape index (κ1) is 27.2. The van der Waals surface area contributed by atoms with Crippen LogP contribution in [-0.2, 0) is 17.9 Å². The molecule has 0 saturated carbocycles. The number of likely N-dealkylation sites (N-methyl/N-ethyl adjacent to an activating group) is 1. The van der Waals surface area contributed by atoms with Gasteiger partial charge in [-0.25, -0.2) is 0 Å². The molecule has 0 radical (unpaired) electrons. The Kier molecular flexibility index (Phi) is 9.49. The van der Waals surface area contributed by atoms with E-state index in [1.165, 1.54) is 21.9 Å². The van der Waals surface area contributed by atoms with Crippen molar-refractivity contribution in [1.82, 2.24) is 10.2 Å². The molecule has 0 unspecified atom stereocenters. The van der Waals surface area contributed by atoms with E-state index in [0.29, 0.717) is 31.8 Å². The second-order valence-corrected chi connectivity index (χ2v) is 10.4. The number of para-hydroxylation sites is 1. The molecule has 4 aromatic rings. The zero-order chi connectivity index (χ0) is 26.9. The minimum absolute atomic E-state index is 0.442. The molecule has 1 N–H and O–H groups in total. The maximum atomic E-state index is 6.01. The van der Waals surface area contributed by atoms with E-state index in [-0.39, 0.29) is 0 Å². The zero-order valence-corrected chi connectivity index (χ0v) is 23.1. The van der Waals surface area contributed by atoms with E-state index in [0.717, 1.165) is 49.5 Å². The molecule has 0 aliphatic carbocycles. The number of piperidine rings is 1. The van der Waals surface area contributed by atoms with E-state index < -0.39 is 0 Å². The van der Waals surface area contributed by atoms with Crippen LogP contribution >= 0.6 is 0 Å². The van der Waals surface area contributed by atoms with Crippen molar-refractivity contribution in [2.24, 2.45) is 0 Å². The molecule has 1 aliphatic heterocycles. The lowest BCUT2D eigenvalue weighted by Gasteiger charge is -2.39. The number of fused-ring (bicyclic) bond motifs is 1. The zero-order valence-electron chi connectivity index (χ0n) is 23.1. The SMILES string of the molecule is COc1ccccc1COCCCOc1ccc([C@@H]2CCNC[C@@H]2N(C)Cc2ccc3ccccc3c2)cc1. The Morgan fingerprint density at radius 3 is 2.51 bits per heavy atom. The van der Waals surface area contributed by atoms with Crippen LogP contribution in [0.25, 0.3) is 10.8 Å². The number of methoxy groups -OCH3 is 1. The topological polar surface area (TPSA) is 43.0 Å². The number of rotatable bonds is 12. The first-order valence-corrected chi connectivity index (χ1v) is 14.0. The summed E-state index contributed by atoms with van der Waals surface area (Å²) in [7, 11) is 3.95. The molecular formula is C34H40N2O3. The minimum atomic E-state index is 0.442. The van der Waals surface area contributed by atoms with Gasteiger partial charge in [-0.2, -0.15) is 0 Å². The molecule has 2 atom stereocenters. The number of hydrogen-bond acceptors (Lipinski definition) is 5. The number of nitrogens with zero attached hydrogens (tertiary/aromatic N) is 1. The van der Waals surface area contributed by atoms with E-state index in [9.17, 15) is 0 Å². The van der Waals surface area contributed by atoms with Gasteiger partial charge < -0.3 is 19.5 Å². The predicted octanol–water partition coefficient (Wildman–Crippen LogP) is 6.41. The van der Waals surface area contributed by atoms with Crippen LogP contribution in [0.1, 0.15) is 35.4 Å². The third-order valence-electron chi connectivity index (χ3n) is 7.72. The lowest BCUT2D eigenvalue weighted by molar-refractivity contribution is 0.105. The Balaban J connectivity index is 1.11. The van der Waals surface area contributed by atoms with E-state index >= 15 is 0 Å². The fourth-order valence-corrected chi connectivity index (χ4v) is 5.60. The Bertz CT molecular complexity index is 1320. The number of nitrogens with one attached hydrogen (secondary N) is 1. The summed E-state index contributed by atoms with van der Waals surface area (Å²) in [6.45, 7) is 4.82. The summed E-state index contributed by atoms with van der Waals surface area (Å²) in [5.74, 6) is 2.28. The van der Waals surface area contributed by atoms with Crippen molar-refractivity contribution < 1.29 is 14.2 Å². The summed E-state index contributed by atoms with van der Waals surface area (Å²) in [6.07, 6.45) is 1.98. The lowest BCUT2D eigenvalue weighted by atomic mass is 9.85. The minimum Gasteiger partial charge on any atom is -0.496 e. The third-order valence-corrected chi connectivity index (χ3v) is 7.72. The van der Waals surface area contributed by atoms with Gasteiger partial charge in [0.25, 0.3) is 0 Å². The van der Waals surface area contributed by atoms with E-state index in [1.807, 2.05) is 24.3 Å². The van der Waals surface area contributed by atoms with E-state index in [2.05, 4.69) is 84.0 Å². The molecule has 1 saturated heterocycles. The highest BCUT2D eigenvalue weighted by molar-refractivity contribution is 5.82. The average Bonchev–Trinajstić information content (AvgIpc) is 2.99. The Hall–Kier alpha value is -3.38.